The van der Waals surface area contributed by atoms with Gasteiger partial charge in [-0.2, -0.15) is 0 Å². The van der Waals surface area contributed by atoms with Gasteiger partial charge >= 0.3 is 0 Å². The van der Waals surface area contributed by atoms with Crippen molar-refractivity contribution in [2.24, 2.45) is 5.92 Å². The highest BCUT2D eigenvalue weighted by molar-refractivity contribution is 5.78. The molecule has 0 radical (unpaired) electrons. The van der Waals surface area contributed by atoms with Crippen LogP contribution in [0.2, 0.25) is 0 Å². The Bertz CT molecular complexity index is 363. The Hall–Kier alpha value is -1.35. The monoisotopic (exact) mass is 234 g/mol. The summed E-state index contributed by atoms with van der Waals surface area (Å²) in [5, 5.41) is 5.96. The zero-order valence-electron chi connectivity index (χ0n) is 10.9. The highest BCUT2D eigenvalue weighted by atomic mass is 16.1. The summed E-state index contributed by atoms with van der Waals surface area (Å²) >= 11 is 0. The molecule has 0 aromatic heterocycles. The quantitative estimate of drug-likeness (QED) is 0.783. The fourth-order valence-corrected chi connectivity index (χ4v) is 1.77. The first-order chi connectivity index (χ1) is 8.13. The van der Waals surface area contributed by atoms with Crippen molar-refractivity contribution in [2.45, 2.75) is 20.3 Å². The van der Waals surface area contributed by atoms with Crippen LogP contribution in [0.25, 0.3) is 0 Å². The lowest BCUT2D eigenvalue weighted by molar-refractivity contribution is -0.124. The van der Waals surface area contributed by atoms with Gasteiger partial charge in [0.15, 0.2) is 0 Å². The minimum atomic E-state index is 0.0255. The van der Waals surface area contributed by atoms with E-state index in [1.807, 2.05) is 14.0 Å². The molecule has 94 valence electrons. The minimum absolute atomic E-state index is 0.0255. The van der Waals surface area contributed by atoms with Crippen molar-refractivity contribution >= 4 is 5.91 Å². The molecule has 0 bridgehead atoms. The Balaban J connectivity index is 2.30. The summed E-state index contributed by atoms with van der Waals surface area (Å²) in [5.74, 6) is 0.143. The summed E-state index contributed by atoms with van der Waals surface area (Å²) in [6.45, 7) is 5.43. The van der Waals surface area contributed by atoms with E-state index >= 15 is 0 Å². The zero-order valence-corrected chi connectivity index (χ0v) is 10.9. The number of nitrogens with one attached hydrogen (secondary N) is 2. The van der Waals surface area contributed by atoms with Gasteiger partial charge in [0.2, 0.25) is 5.91 Å². The van der Waals surface area contributed by atoms with Crippen LogP contribution in [0.4, 0.5) is 0 Å². The molecule has 0 saturated heterocycles. The second-order valence-electron chi connectivity index (χ2n) is 4.49. The van der Waals surface area contributed by atoms with Crippen LogP contribution in [-0.2, 0) is 11.2 Å². The highest BCUT2D eigenvalue weighted by Gasteiger charge is 2.10. The highest BCUT2D eigenvalue weighted by Crippen LogP contribution is 2.04. The third-order valence-electron chi connectivity index (χ3n) is 2.75. The molecule has 3 nitrogen and oxygen atoms in total. The SMILES string of the molecule is CNC[C@H](C)C(=O)NCCc1cccc(C)c1. The van der Waals surface area contributed by atoms with E-state index in [9.17, 15) is 4.79 Å². The van der Waals surface area contributed by atoms with Crippen molar-refractivity contribution in [3.63, 3.8) is 0 Å². The van der Waals surface area contributed by atoms with Gasteiger partial charge in [-0.15, -0.1) is 0 Å². The molecule has 2 N–H and O–H groups in total. The molecule has 1 rings (SSSR count). The van der Waals surface area contributed by atoms with Crippen molar-refractivity contribution < 1.29 is 4.79 Å². The number of amides is 1. The fourth-order valence-electron chi connectivity index (χ4n) is 1.77. The van der Waals surface area contributed by atoms with Crippen molar-refractivity contribution in [1.82, 2.24) is 10.6 Å². The van der Waals surface area contributed by atoms with E-state index < -0.39 is 0 Å². The predicted molar refractivity (Wildman–Crippen MR) is 71.0 cm³/mol. The van der Waals surface area contributed by atoms with Crippen molar-refractivity contribution in [3.05, 3.63) is 35.4 Å². The molecular formula is C14H22N2O. The topological polar surface area (TPSA) is 41.1 Å². The molecule has 17 heavy (non-hydrogen) atoms. The average Bonchev–Trinajstić information content (AvgIpc) is 2.29. The van der Waals surface area contributed by atoms with Gasteiger partial charge in [0.1, 0.15) is 0 Å². The Labute approximate surface area is 104 Å². The molecule has 0 unspecified atom stereocenters. The van der Waals surface area contributed by atoms with E-state index in [-0.39, 0.29) is 11.8 Å². The normalized spacial score (nSPS) is 12.2. The zero-order chi connectivity index (χ0) is 12.7. The van der Waals surface area contributed by atoms with Crippen LogP contribution in [0, 0.1) is 12.8 Å². The molecule has 0 aliphatic heterocycles. The molecule has 1 aromatic carbocycles. The first-order valence-corrected chi connectivity index (χ1v) is 6.11. The maximum Gasteiger partial charge on any atom is 0.224 e. The lowest BCUT2D eigenvalue weighted by atomic mass is 10.1. The van der Waals surface area contributed by atoms with Gasteiger partial charge in [0.25, 0.3) is 0 Å². The molecule has 0 spiro atoms. The largest absolute Gasteiger partial charge is 0.355 e. The van der Waals surface area contributed by atoms with Crippen LogP contribution in [0.1, 0.15) is 18.1 Å². The second-order valence-corrected chi connectivity index (χ2v) is 4.49. The first kappa shape index (κ1) is 13.7. The number of carbonyl (C=O) groups is 1. The fraction of sp³-hybridized carbons (Fsp3) is 0.500. The van der Waals surface area contributed by atoms with Crippen LogP contribution in [0.3, 0.4) is 0 Å². The number of hydrogen-bond acceptors (Lipinski definition) is 2. The van der Waals surface area contributed by atoms with Crippen LogP contribution >= 0.6 is 0 Å². The maximum atomic E-state index is 11.6. The molecule has 0 fully saturated rings. The van der Waals surface area contributed by atoms with E-state index in [4.69, 9.17) is 0 Å². The Morgan fingerprint density at radius 3 is 2.82 bits per heavy atom. The van der Waals surface area contributed by atoms with Crippen LogP contribution in [-0.4, -0.2) is 26.0 Å². The Morgan fingerprint density at radius 1 is 1.41 bits per heavy atom. The van der Waals surface area contributed by atoms with Crippen molar-refractivity contribution in [3.8, 4) is 0 Å². The van der Waals surface area contributed by atoms with Gasteiger partial charge in [-0.05, 0) is 26.0 Å². The van der Waals surface area contributed by atoms with E-state index in [0.29, 0.717) is 6.54 Å². The molecule has 0 heterocycles. The third kappa shape index (κ3) is 5.00. The maximum absolute atomic E-state index is 11.6. The summed E-state index contributed by atoms with van der Waals surface area (Å²) in [5.41, 5.74) is 2.53. The van der Waals surface area contributed by atoms with Crippen molar-refractivity contribution in [1.29, 1.82) is 0 Å². The van der Waals surface area contributed by atoms with Gasteiger partial charge in [-0.3, -0.25) is 4.79 Å². The molecule has 1 atom stereocenters. The molecule has 0 aliphatic rings. The van der Waals surface area contributed by atoms with Gasteiger partial charge < -0.3 is 10.6 Å². The molecule has 3 heteroatoms. The molecule has 0 aliphatic carbocycles. The predicted octanol–water partition coefficient (Wildman–Crippen LogP) is 1.51. The van der Waals surface area contributed by atoms with Gasteiger partial charge in [0.05, 0.1) is 0 Å². The molecule has 0 saturated carbocycles. The summed E-state index contributed by atoms with van der Waals surface area (Å²) < 4.78 is 0. The first-order valence-electron chi connectivity index (χ1n) is 6.11. The van der Waals surface area contributed by atoms with E-state index in [2.05, 4.69) is 41.8 Å². The van der Waals surface area contributed by atoms with E-state index in [0.717, 1.165) is 13.0 Å². The van der Waals surface area contributed by atoms with Crippen LogP contribution in [0.15, 0.2) is 24.3 Å². The Kier molecular flexibility index (Phi) is 5.70. The van der Waals surface area contributed by atoms with Gasteiger partial charge in [-0.25, -0.2) is 0 Å². The van der Waals surface area contributed by atoms with Gasteiger partial charge in [-0.1, -0.05) is 36.8 Å². The summed E-state index contributed by atoms with van der Waals surface area (Å²) in [7, 11) is 1.86. The van der Waals surface area contributed by atoms with E-state index in [1.165, 1.54) is 11.1 Å². The summed E-state index contributed by atoms with van der Waals surface area (Å²) in [4.78, 5) is 11.6. The summed E-state index contributed by atoms with van der Waals surface area (Å²) in [6.07, 6.45) is 0.889. The third-order valence-corrected chi connectivity index (χ3v) is 2.75. The number of rotatable bonds is 6. The number of carbonyl (C=O) groups excluding carboxylic acids is 1. The van der Waals surface area contributed by atoms with Gasteiger partial charge in [0, 0.05) is 19.0 Å². The number of benzene rings is 1. The lowest BCUT2D eigenvalue weighted by Crippen LogP contribution is -2.35. The second kappa shape index (κ2) is 7.07. The molecule has 1 aromatic rings. The minimum Gasteiger partial charge on any atom is -0.355 e. The molecular weight excluding hydrogens is 212 g/mol. The van der Waals surface area contributed by atoms with Crippen LogP contribution < -0.4 is 10.6 Å². The van der Waals surface area contributed by atoms with Crippen molar-refractivity contribution in [2.75, 3.05) is 20.1 Å². The number of aryl methyl sites for hydroxylation is 1. The Morgan fingerprint density at radius 2 is 2.18 bits per heavy atom. The standard InChI is InChI=1S/C14H22N2O/c1-11-5-4-6-13(9-11)7-8-16-14(17)12(2)10-15-3/h4-6,9,12,15H,7-8,10H2,1-3H3,(H,16,17)/t12-/m0/s1. The number of hydrogen-bond donors (Lipinski definition) is 2. The average molecular weight is 234 g/mol. The molecule has 1 amide bonds. The van der Waals surface area contributed by atoms with E-state index in [1.54, 1.807) is 0 Å². The smallest absolute Gasteiger partial charge is 0.224 e. The summed E-state index contributed by atoms with van der Waals surface area (Å²) in [6, 6.07) is 8.38. The lowest BCUT2D eigenvalue weighted by Gasteiger charge is -2.11. The van der Waals surface area contributed by atoms with Crippen LogP contribution in [0.5, 0.6) is 0 Å².